The molecule has 0 aliphatic carbocycles. The average Bonchev–Trinajstić information content (AvgIpc) is 3.26. The molecule has 1 N–H and O–H groups in total. The van der Waals surface area contributed by atoms with E-state index in [4.69, 9.17) is 16.0 Å². The van der Waals surface area contributed by atoms with Gasteiger partial charge in [0.2, 0.25) is 5.76 Å². The van der Waals surface area contributed by atoms with Gasteiger partial charge in [0.1, 0.15) is 10.6 Å². The highest BCUT2D eigenvalue weighted by Gasteiger charge is 2.19. The Morgan fingerprint density at radius 1 is 1.29 bits per heavy atom. The Bertz CT molecular complexity index is 1080. The van der Waals surface area contributed by atoms with Gasteiger partial charge in [0.25, 0.3) is 5.91 Å². The summed E-state index contributed by atoms with van der Waals surface area (Å²) in [6.45, 7) is 2.10. The Hall–Kier alpha value is -2.84. The summed E-state index contributed by atoms with van der Waals surface area (Å²) in [5.41, 5.74) is 1.38. The maximum absolute atomic E-state index is 12.5. The highest BCUT2D eigenvalue weighted by atomic mass is 35.5. The minimum atomic E-state index is -0.596. The van der Waals surface area contributed by atoms with Crippen LogP contribution in [-0.4, -0.2) is 23.6 Å². The van der Waals surface area contributed by atoms with Crippen LogP contribution in [-0.2, 0) is 17.8 Å². The van der Waals surface area contributed by atoms with Crippen molar-refractivity contribution in [2.75, 3.05) is 7.11 Å². The number of esters is 1. The third kappa shape index (κ3) is 4.35. The van der Waals surface area contributed by atoms with Gasteiger partial charge in [0.15, 0.2) is 0 Å². The van der Waals surface area contributed by atoms with Crippen LogP contribution in [0.2, 0.25) is 5.02 Å². The molecule has 1 amide bonds. The van der Waals surface area contributed by atoms with Gasteiger partial charge in [-0.1, -0.05) is 35.1 Å². The fourth-order valence-electron chi connectivity index (χ4n) is 2.61. The number of hydrogen-bond acceptors (Lipinski definition) is 6. The maximum Gasteiger partial charge on any atom is 0.373 e. The van der Waals surface area contributed by atoms with Crippen molar-refractivity contribution >= 4 is 34.8 Å². The molecule has 0 saturated carbocycles. The van der Waals surface area contributed by atoms with Gasteiger partial charge in [0, 0.05) is 17.3 Å². The molecule has 2 aromatic heterocycles. The number of furan rings is 1. The first kappa shape index (κ1) is 19.9. The second-order valence-corrected chi connectivity index (χ2v) is 7.34. The Kier molecular flexibility index (Phi) is 6.01. The number of aromatic nitrogens is 1. The zero-order valence-electron chi connectivity index (χ0n) is 15.2. The lowest BCUT2D eigenvalue weighted by Crippen LogP contribution is -2.23. The molecule has 1 aromatic carbocycles. The molecule has 28 heavy (non-hydrogen) atoms. The van der Waals surface area contributed by atoms with Crippen molar-refractivity contribution in [1.29, 1.82) is 0 Å². The largest absolute Gasteiger partial charge is 0.463 e. The molecule has 0 bridgehead atoms. The van der Waals surface area contributed by atoms with E-state index >= 15 is 0 Å². The van der Waals surface area contributed by atoms with E-state index in [2.05, 4.69) is 10.1 Å². The van der Waals surface area contributed by atoms with E-state index in [1.807, 2.05) is 6.07 Å². The number of thiazole rings is 1. The first-order valence-electron chi connectivity index (χ1n) is 8.29. The van der Waals surface area contributed by atoms with Crippen LogP contribution in [0.5, 0.6) is 0 Å². The molecule has 0 radical (unpaired) electrons. The maximum atomic E-state index is 12.5. The summed E-state index contributed by atoms with van der Waals surface area (Å²) in [6, 6.07) is 10.2. The zero-order chi connectivity index (χ0) is 20.3. The lowest BCUT2D eigenvalue weighted by Gasteiger charge is -2.06. The number of amides is 1. The number of carbonyl (C=O) groups is 2. The van der Waals surface area contributed by atoms with Gasteiger partial charge in [-0.05, 0) is 36.8 Å². The van der Waals surface area contributed by atoms with Crippen molar-refractivity contribution in [3.05, 3.63) is 78.7 Å². The lowest BCUT2D eigenvalue weighted by atomic mass is 10.2. The molecular formula is C19H17ClN2O5S. The van der Waals surface area contributed by atoms with Crippen LogP contribution in [0.4, 0.5) is 0 Å². The zero-order valence-corrected chi connectivity index (χ0v) is 16.7. The number of methoxy groups -OCH3 is 1. The van der Waals surface area contributed by atoms with Crippen LogP contribution in [0.15, 0.2) is 45.6 Å². The molecule has 7 nitrogen and oxygen atoms in total. The standard InChI is InChI=1S/C19H17ClN2O5S/c1-11-16(17(23)21-9-12-4-3-5-13(20)8-12)28-19(25)22(11)10-14-6-7-15(27-14)18(24)26-2/h3-8H,9-10H2,1-2H3,(H,21,23). The predicted octanol–water partition coefficient (Wildman–Crippen LogP) is 3.23. The fourth-order valence-corrected chi connectivity index (χ4v) is 3.73. The first-order valence-corrected chi connectivity index (χ1v) is 9.48. The van der Waals surface area contributed by atoms with E-state index in [1.165, 1.54) is 17.7 Å². The molecule has 146 valence electrons. The van der Waals surface area contributed by atoms with Crippen molar-refractivity contribution in [3.8, 4) is 0 Å². The number of halogens is 1. The molecular weight excluding hydrogens is 404 g/mol. The summed E-state index contributed by atoms with van der Waals surface area (Å²) >= 11 is 6.80. The second-order valence-electron chi connectivity index (χ2n) is 5.94. The molecule has 0 unspecified atom stereocenters. The number of hydrogen-bond donors (Lipinski definition) is 1. The third-order valence-electron chi connectivity index (χ3n) is 4.05. The van der Waals surface area contributed by atoms with Crippen LogP contribution in [0.1, 0.15) is 37.2 Å². The molecule has 2 heterocycles. The van der Waals surface area contributed by atoms with Gasteiger partial charge in [-0.3, -0.25) is 14.2 Å². The number of benzene rings is 1. The van der Waals surface area contributed by atoms with Crippen LogP contribution in [0.25, 0.3) is 0 Å². The van der Waals surface area contributed by atoms with Gasteiger partial charge in [-0.15, -0.1) is 0 Å². The van der Waals surface area contributed by atoms with E-state index in [0.29, 0.717) is 27.9 Å². The van der Waals surface area contributed by atoms with Gasteiger partial charge >= 0.3 is 10.8 Å². The summed E-state index contributed by atoms with van der Waals surface area (Å²) in [4.78, 5) is 36.3. The molecule has 0 aliphatic heterocycles. The van der Waals surface area contributed by atoms with Crippen LogP contribution in [0.3, 0.4) is 0 Å². The first-order chi connectivity index (χ1) is 13.4. The predicted molar refractivity (Wildman–Crippen MR) is 105 cm³/mol. The number of nitrogens with zero attached hydrogens (tertiary/aromatic N) is 1. The number of nitrogens with one attached hydrogen (secondary N) is 1. The van der Waals surface area contributed by atoms with Gasteiger partial charge in [-0.25, -0.2) is 4.79 Å². The van der Waals surface area contributed by atoms with Crippen molar-refractivity contribution in [2.45, 2.75) is 20.0 Å². The summed E-state index contributed by atoms with van der Waals surface area (Å²) in [6.07, 6.45) is 0. The molecule has 0 atom stereocenters. The van der Waals surface area contributed by atoms with Crippen LogP contribution >= 0.6 is 22.9 Å². The third-order valence-corrected chi connectivity index (χ3v) is 5.37. The van der Waals surface area contributed by atoms with Crippen molar-refractivity contribution < 1.29 is 18.7 Å². The number of carbonyl (C=O) groups excluding carboxylic acids is 2. The van der Waals surface area contributed by atoms with E-state index in [-0.39, 0.29) is 23.1 Å². The summed E-state index contributed by atoms with van der Waals surface area (Å²) in [5.74, 6) is -0.470. The number of rotatable bonds is 6. The molecule has 0 saturated heterocycles. The minimum absolute atomic E-state index is 0.0536. The van der Waals surface area contributed by atoms with Crippen molar-refractivity contribution in [2.24, 2.45) is 0 Å². The smallest absolute Gasteiger partial charge is 0.373 e. The molecule has 3 rings (SSSR count). The molecule has 0 spiro atoms. The van der Waals surface area contributed by atoms with Crippen molar-refractivity contribution in [3.63, 3.8) is 0 Å². The second kappa shape index (κ2) is 8.45. The van der Waals surface area contributed by atoms with E-state index < -0.39 is 5.97 Å². The summed E-state index contributed by atoms with van der Waals surface area (Å²) < 4.78 is 11.4. The highest BCUT2D eigenvalue weighted by molar-refractivity contribution is 7.11. The minimum Gasteiger partial charge on any atom is -0.463 e. The molecule has 3 aromatic rings. The van der Waals surface area contributed by atoms with Crippen molar-refractivity contribution in [1.82, 2.24) is 9.88 Å². The lowest BCUT2D eigenvalue weighted by molar-refractivity contribution is 0.0562. The van der Waals surface area contributed by atoms with Crippen LogP contribution < -0.4 is 10.2 Å². The number of ether oxygens (including phenoxy) is 1. The fraction of sp³-hybridized carbons (Fsp3) is 0.211. The van der Waals surface area contributed by atoms with E-state index in [0.717, 1.165) is 16.9 Å². The SMILES string of the molecule is COC(=O)c1ccc(Cn2c(C)c(C(=O)NCc3cccc(Cl)c3)sc2=O)o1. The Labute approximate surface area is 169 Å². The monoisotopic (exact) mass is 420 g/mol. The summed E-state index contributed by atoms with van der Waals surface area (Å²) in [5, 5.41) is 3.38. The van der Waals surface area contributed by atoms with Gasteiger partial charge in [0.05, 0.1) is 13.7 Å². The molecule has 0 fully saturated rings. The molecule has 0 aliphatic rings. The van der Waals surface area contributed by atoms with Crippen LogP contribution in [0, 0.1) is 6.92 Å². The Morgan fingerprint density at radius 3 is 2.79 bits per heavy atom. The van der Waals surface area contributed by atoms with E-state index in [1.54, 1.807) is 31.2 Å². The normalized spacial score (nSPS) is 10.7. The topological polar surface area (TPSA) is 90.5 Å². The summed E-state index contributed by atoms with van der Waals surface area (Å²) in [7, 11) is 1.26. The quantitative estimate of drug-likeness (QED) is 0.618. The van der Waals surface area contributed by atoms with E-state index in [9.17, 15) is 14.4 Å². The Morgan fingerprint density at radius 2 is 2.07 bits per heavy atom. The Balaban J connectivity index is 1.74. The van der Waals surface area contributed by atoms with Gasteiger partial charge in [-0.2, -0.15) is 0 Å². The van der Waals surface area contributed by atoms with Gasteiger partial charge < -0.3 is 14.5 Å². The molecule has 9 heteroatoms. The average molecular weight is 421 g/mol. The highest BCUT2D eigenvalue weighted by Crippen LogP contribution is 2.16.